The van der Waals surface area contributed by atoms with Crippen molar-refractivity contribution in [2.45, 2.75) is 11.4 Å². The summed E-state index contributed by atoms with van der Waals surface area (Å²) in [5.74, 6) is -71.4. The molecule has 328 valence electrons. The van der Waals surface area contributed by atoms with Gasteiger partial charge in [0.2, 0.25) is 0 Å². The average molecular weight is 931 g/mol. The summed E-state index contributed by atoms with van der Waals surface area (Å²) in [6.07, 6.45) is -2.94. The number of aromatic nitrogens is 1. The van der Waals surface area contributed by atoms with Crippen LogP contribution in [0, 0.1) is 116 Å². The Bertz CT molecular complexity index is 2620. The zero-order valence-corrected chi connectivity index (χ0v) is 31.0. The van der Waals surface area contributed by atoms with Gasteiger partial charge in [-0.2, -0.15) is 0 Å². The van der Waals surface area contributed by atoms with E-state index in [-0.39, 0.29) is 0 Å². The van der Waals surface area contributed by atoms with Crippen LogP contribution in [-0.4, -0.2) is 6.15 Å². The maximum Gasteiger partial charge on any atom is 0.200 e. The lowest BCUT2D eigenvalue weighted by atomic mass is 9.12. The van der Waals surface area contributed by atoms with Crippen molar-refractivity contribution in [1.29, 1.82) is 0 Å². The van der Waals surface area contributed by atoms with Gasteiger partial charge in [0.1, 0.15) is 52.7 Å². The van der Waals surface area contributed by atoms with Crippen molar-refractivity contribution in [3.05, 3.63) is 189 Å². The van der Waals surface area contributed by atoms with E-state index in [1.54, 1.807) is 0 Å². The monoisotopic (exact) mass is 931 g/mol. The Kier molecular flexibility index (Phi) is 12.6. The molecule has 0 N–H and O–H groups in total. The Balaban J connectivity index is 0.000000302. The highest BCUT2D eigenvalue weighted by Crippen LogP contribution is 2.31. The molecule has 0 saturated carbocycles. The first-order valence-corrected chi connectivity index (χ1v) is 17.4. The lowest BCUT2D eigenvalue weighted by molar-refractivity contribution is -0.687. The first-order valence-electron chi connectivity index (χ1n) is 16.9. The highest BCUT2D eigenvalue weighted by Gasteiger charge is 2.52. The fraction of sp³-hybridized carbons (Fsp3) is 0.0250. The Morgan fingerprint density at radius 2 is 0.651 bits per heavy atom. The van der Waals surface area contributed by atoms with Crippen molar-refractivity contribution in [3.8, 4) is 0 Å². The molecule has 0 unspecified atom stereocenters. The van der Waals surface area contributed by atoms with Crippen LogP contribution in [0.5, 0.6) is 0 Å². The topological polar surface area (TPSA) is 3.88 Å². The fourth-order valence-electron chi connectivity index (χ4n) is 7.02. The van der Waals surface area contributed by atoms with Gasteiger partial charge < -0.3 is 0 Å². The second kappa shape index (κ2) is 17.1. The van der Waals surface area contributed by atoms with Gasteiger partial charge in [0, 0.05) is 27.3 Å². The molecule has 0 radical (unpaired) electrons. The van der Waals surface area contributed by atoms with Gasteiger partial charge in [0.25, 0.3) is 0 Å². The second-order valence-corrected chi connectivity index (χ2v) is 13.7. The fourth-order valence-corrected chi connectivity index (χ4v) is 7.31. The first-order chi connectivity index (χ1) is 29.5. The van der Waals surface area contributed by atoms with E-state index in [1.165, 1.54) is 16.3 Å². The van der Waals surface area contributed by atoms with Crippen LogP contribution in [0.3, 0.4) is 0 Å². The largest absolute Gasteiger partial charge is 0.207 e. The van der Waals surface area contributed by atoms with Gasteiger partial charge >= 0.3 is 0 Å². The highest BCUT2D eigenvalue weighted by atomic mass is 32.1. The zero-order chi connectivity index (χ0) is 46.7. The van der Waals surface area contributed by atoms with Crippen LogP contribution in [0.25, 0.3) is 10.8 Å². The second-order valence-electron chi connectivity index (χ2n) is 13.2. The van der Waals surface area contributed by atoms with Crippen LogP contribution in [-0.2, 0) is 6.54 Å². The van der Waals surface area contributed by atoms with Crippen molar-refractivity contribution < 1.29 is 92.4 Å². The van der Waals surface area contributed by atoms with E-state index in [4.69, 9.17) is 0 Å². The quantitative estimate of drug-likeness (QED) is 0.0424. The normalized spacial score (nSPS) is 11.6. The van der Waals surface area contributed by atoms with Gasteiger partial charge in [0.15, 0.2) is 88.7 Å². The van der Waals surface area contributed by atoms with Gasteiger partial charge in [-0.05, 0) is 12.1 Å². The highest BCUT2D eigenvalue weighted by molar-refractivity contribution is 7.80. The molecule has 0 spiro atoms. The van der Waals surface area contributed by atoms with Crippen molar-refractivity contribution >= 4 is 51.4 Å². The molecule has 0 saturated heterocycles. The molecule has 0 atom stereocenters. The SMILES string of the molecule is Fc1c(F)c(F)c([B-](c2c(F)c(F)c(F)c(F)c2F)(c2c(F)c(F)c(F)c(F)c2F)c2c(F)c(F)c(F)c(F)c2F)c(F)c1F.Sc1cccc2c[n+](Cc3ccccc3)ccc12. The predicted molar refractivity (Wildman–Crippen MR) is 186 cm³/mol. The molecule has 7 rings (SSSR count). The molecular weight excluding hydrogens is 917 g/mol. The Morgan fingerprint density at radius 1 is 0.349 bits per heavy atom. The van der Waals surface area contributed by atoms with E-state index in [1.807, 2.05) is 18.2 Å². The van der Waals surface area contributed by atoms with Crippen LogP contribution >= 0.6 is 12.6 Å². The van der Waals surface area contributed by atoms with Crippen LogP contribution in [0.15, 0.2) is 71.9 Å². The number of halogens is 20. The summed E-state index contributed by atoms with van der Waals surface area (Å²) in [7, 11) is 0. The Morgan fingerprint density at radius 3 is 0.968 bits per heavy atom. The molecule has 0 aliphatic carbocycles. The van der Waals surface area contributed by atoms with Crippen LogP contribution < -0.4 is 26.4 Å². The number of hydrogen-bond acceptors (Lipinski definition) is 1. The van der Waals surface area contributed by atoms with Gasteiger partial charge in [0.05, 0.1) is 0 Å². The third kappa shape index (κ3) is 7.28. The van der Waals surface area contributed by atoms with Crippen molar-refractivity contribution in [1.82, 2.24) is 0 Å². The predicted octanol–water partition coefficient (Wildman–Crippen LogP) is 9.31. The molecular formula is C40H14BF20NS. The summed E-state index contributed by atoms with van der Waals surface area (Å²) < 4.78 is 296. The molecule has 1 heterocycles. The van der Waals surface area contributed by atoms with Crippen LogP contribution in [0.4, 0.5) is 87.8 Å². The molecule has 0 aliphatic heterocycles. The minimum Gasteiger partial charge on any atom is -0.207 e. The summed E-state index contributed by atoms with van der Waals surface area (Å²) in [6.45, 7) is 0.896. The van der Waals surface area contributed by atoms with Crippen molar-refractivity contribution in [2.75, 3.05) is 0 Å². The standard InChI is InChI=1S/C24BF20.C16H13NS/c26-5-1(6(27)14(35)21(42)13(5)34)25(2-7(28)15(36)22(43)16(37)8(2)29,3-9(30)17(38)23(44)18(39)10(3)31)4-11(32)19(40)24(45)20(41)12(4)33;18-16-8-4-7-14-12-17(10-9-15(14)16)11-13-5-2-1-3-6-13/h;1-10,12H,11H2/q-1;/p+1. The minimum atomic E-state index is -7.22. The molecule has 7 aromatic rings. The number of pyridine rings is 1. The van der Waals surface area contributed by atoms with E-state index in [9.17, 15) is 52.7 Å². The Labute approximate surface area is 343 Å². The van der Waals surface area contributed by atoms with Crippen molar-refractivity contribution in [3.63, 3.8) is 0 Å². The summed E-state index contributed by atoms with van der Waals surface area (Å²) in [6, 6.07) is 18.8. The molecule has 63 heavy (non-hydrogen) atoms. The smallest absolute Gasteiger partial charge is 0.200 e. The number of fused-ring (bicyclic) bond motifs is 1. The van der Waals surface area contributed by atoms with Gasteiger partial charge in [-0.1, -0.05) is 36.4 Å². The summed E-state index contributed by atoms with van der Waals surface area (Å²) in [5, 5.41) is 2.42. The summed E-state index contributed by atoms with van der Waals surface area (Å²) >= 11 is 4.47. The maximum atomic E-state index is 15.4. The molecule has 0 aliphatic rings. The third-order valence-corrected chi connectivity index (χ3v) is 10.2. The molecule has 0 fully saturated rings. The Hall–Kier alpha value is -6.26. The first kappa shape index (κ1) is 46.3. The molecule has 1 aromatic heterocycles. The van der Waals surface area contributed by atoms with Gasteiger partial charge in [-0.3, -0.25) is 0 Å². The number of thiol groups is 1. The van der Waals surface area contributed by atoms with Crippen LogP contribution in [0.1, 0.15) is 5.56 Å². The average Bonchev–Trinajstić information content (AvgIpc) is 3.27. The maximum absolute atomic E-state index is 15.4. The van der Waals surface area contributed by atoms with E-state index in [0.29, 0.717) is 0 Å². The molecule has 0 amide bonds. The molecule has 23 heteroatoms. The molecule has 6 aromatic carbocycles. The van der Waals surface area contributed by atoms with Crippen LogP contribution in [0.2, 0.25) is 0 Å². The number of hydrogen-bond donors (Lipinski definition) is 1. The zero-order valence-electron chi connectivity index (χ0n) is 30.1. The number of benzene rings is 6. The summed E-state index contributed by atoms with van der Waals surface area (Å²) in [4.78, 5) is 1.03. The van der Waals surface area contributed by atoms with E-state index in [0.717, 1.165) is 11.4 Å². The number of nitrogens with zero attached hydrogens (tertiary/aromatic N) is 1. The lowest BCUT2D eigenvalue weighted by Gasteiger charge is -2.44. The van der Waals surface area contributed by atoms with E-state index >= 15 is 35.1 Å². The molecule has 0 bridgehead atoms. The van der Waals surface area contributed by atoms with Gasteiger partial charge in [-0.15, -0.1) is 34.5 Å². The molecule has 1 nitrogen and oxygen atoms in total. The summed E-state index contributed by atoms with van der Waals surface area (Å²) in [5.41, 5.74) is -13.0. The minimum absolute atomic E-state index is 0.896. The van der Waals surface area contributed by atoms with E-state index < -0.39 is 144 Å². The van der Waals surface area contributed by atoms with Crippen molar-refractivity contribution in [2.24, 2.45) is 0 Å². The number of rotatable bonds is 6. The van der Waals surface area contributed by atoms with E-state index in [2.05, 4.69) is 66.0 Å². The third-order valence-electron chi connectivity index (χ3n) is 9.77. The lowest BCUT2D eigenvalue weighted by Crippen LogP contribution is -2.81. The van der Waals surface area contributed by atoms with Gasteiger partial charge in [-0.25, -0.2) is 92.4 Å².